The molecule has 0 radical (unpaired) electrons. The molecule has 0 bridgehead atoms. The van der Waals surface area contributed by atoms with Gasteiger partial charge in [0.15, 0.2) is 0 Å². The topological polar surface area (TPSA) is 6.48 Å². The Bertz CT molecular complexity index is 164. The van der Waals surface area contributed by atoms with Gasteiger partial charge in [-0.3, -0.25) is 4.90 Å². The minimum atomic E-state index is 0.358. The Morgan fingerprint density at radius 3 is 2.07 bits per heavy atom. The van der Waals surface area contributed by atoms with Crippen LogP contribution in [0.4, 0.5) is 0 Å². The molecule has 0 aromatic carbocycles. The van der Waals surface area contributed by atoms with Crippen LogP contribution in [0.25, 0.3) is 0 Å². The van der Waals surface area contributed by atoms with E-state index in [1.165, 1.54) is 26.2 Å². The van der Waals surface area contributed by atoms with Gasteiger partial charge in [0.25, 0.3) is 0 Å². The molecule has 92 valence electrons. The fourth-order valence-electron chi connectivity index (χ4n) is 2.21. The predicted octanol–water partition coefficient (Wildman–Crippen LogP) is 2.69. The molecule has 2 nitrogen and oxygen atoms in total. The predicted molar refractivity (Wildman–Crippen MR) is 69.3 cm³/mol. The summed E-state index contributed by atoms with van der Waals surface area (Å²) < 4.78 is 0. The van der Waals surface area contributed by atoms with Crippen molar-refractivity contribution in [3.63, 3.8) is 0 Å². The lowest BCUT2D eigenvalue weighted by atomic mass is 9.97. The zero-order valence-corrected chi connectivity index (χ0v) is 11.8. The second kappa shape index (κ2) is 6.49. The summed E-state index contributed by atoms with van der Waals surface area (Å²) in [6.07, 6.45) is 0. The van der Waals surface area contributed by atoms with E-state index in [0.717, 1.165) is 5.92 Å². The van der Waals surface area contributed by atoms with Crippen LogP contribution in [0.2, 0.25) is 0 Å². The second-order valence-corrected chi connectivity index (χ2v) is 5.39. The van der Waals surface area contributed by atoms with Gasteiger partial charge in [-0.1, -0.05) is 27.7 Å². The monoisotopic (exact) mass is 214 g/mol. The van der Waals surface area contributed by atoms with E-state index in [1.807, 2.05) is 13.8 Å². The van der Waals surface area contributed by atoms with Crippen molar-refractivity contribution in [3.05, 3.63) is 0 Å². The molecule has 0 aliphatic carbocycles. The molecule has 1 rings (SSSR count). The molecule has 0 atom stereocenters. The van der Waals surface area contributed by atoms with Gasteiger partial charge in [-0.05, 0) is 26.8 Å². The van der Waals surface area contributed by atoms with E-state index in [0.29, 0.717) is 5.54 Å². The fourth-order valence-corrected chi connectivity index (χ4v) is 2.21. The van der Waals surface area contributed by atoms with E-state index >= 15 is 0 Å². The Labute approximate surface area is 96.6 Å². The summed E-state index contributed by atoms with van der Waals surface area (Å²) in [6, 6.07) is 0. The lowest BCUT2D eigenvalue weighted by molar-refractivity contribution is 0.0234. The normalized spacial score (nSPS) is 22.4. The highest BCUT2D eigenvalue weighted by Gasteiger charge is 2.31. The van der Waals surface area contributed by atoms with Crippen LogP contribution in [0.1, 0.15) is 41.5 Å². The molecule has 0 unspecified atom stereocenters. The van der Waals surface area contributed by atoms with Crippen LogP contribution in [-0.4, -0.2) is 48.6 Å². The standard InChI is InChI=1S/C11H24N2.C2H6/c1-10(2)8-13-7-6-12(5)9-11(13,3)4;1-2/h10H,6-9H2,1-5H3;1-2H3. The van der Waals surface area contributed by atoms with Crippen LogP contribution in [0, 0.1) is 5.92 Å². The van der Waals surface area contributed by atoms with E-state index in [9.17, 15) is 0 Å². The molecule has 0 aromatic heterocycles. The first-order chi connectivity index (χ1) is 6.92. The summed E-state index contributed by atoms with van der Waals surface area (Å²) in [6.45, 7) is 18.2. The molecule has 2 heteroatoms. The summed E-state index contributed by atoms with van der Waals surface area (Å²) in [5, 5.41) is 0. The summed E-state index contributed by atoms with van der Waals surface area (Å²) in [4.78, 5) is 5.05. The maximum absolute atomic E-state index is 2.62. The third kappa shape index (κ3) is 4.98. The van der Waals surface area contributed by atoms with E-state index < -0.39 is 0 Å². The molecule has 0 amide bonds. The van der Waals surface area contributed by atoms with Gasteiger partial charge in [0.05, 0.1) is 0 Å². The molecular weight excluding hydrogens is 184 g/mol. The van der Waals surface area contributed by atoms with E-state index in [4.69, 9.17) is 0 Å². The SMILES string of the molecule is CC.CC(C)CN1CCN(C)CC1(C)C. The van der Waals surface area contributed by atoms with Crippen LogP contribution in [-0.2, 0) is 0 Å². The molecular formula is C13H30N2. The minimum absolute atomic E-state index is 0.358. The Hall–Kier alpha value is -0.0800. The summed E-state index contributed by atoms with van der Waals surface area (Å²) >= 11 is 0. The van der Waals surface area contributed by atoms with Crippen LogP contribution in [0.5, 0.6) is 0 Å². The molecule has 1 aliphatic heterocycles. The first kappa shape index (κ1) is 14.9. The van der Waals surface area contributed by atoms with Crippen molar-refractivity contribution in [2.45, 2.75) is 47.1 Å². The number of piperazine rings is 1. The molecule has 0 spiro atoms. The Morgan fingerprint density at radius 1 is 1.13 bits per heavy atom. The van der Waals surface area contributed by atoms with Gasteiger partial charge in [0, 0.05) is 31.7 Å². The second-order valence-electron chi connectivity index (χ2n) is 5.39. The number of rotatable bonds is 2. The van der Waals surface area contributed by atoms with Crippen molar-refractivity contribution in [2.75, 3.05) is 33.2 Å². The van der Waals surface area contributed by atoms with Crippen molar-refractivity contribution in [3.8, 4) is 0 Å². The van der Waals surface area contributed by atoms with Gasteiger partial charge in [-0.25, -0.2) is 0 Å². The van der Waals surface area contributed by atoms with Crippen molar-refractivity contribution in [2.24, 2.45) is 5.92 Å². The highest BCUT2D eigenvalue weighted by molar-refractivity contribution is 4.89. The molecule has 1 aliphatic rings. The third-order valence-electron chi connectivity index (χ3n) is 2.85. The number of hydrogen-bond acceptors (Lipinski definition) is 2. The summed E-state index contributed by atoms with van der Waals surface area (Å²) in [7, 11) is 2.22. The smallest absolute Gasteiger partial charge is 0.0280 e. The molecule has 0 N–H and O–H groups in total. The van der Waals surface area contributed by atoms with E-state index in [1.54, 1.807) is 0 Å². The van der Waals surface area contributed by atoms with Gasteiger partial charge < -0.3 is 4.90 Å². The van der Waals surface area contributed by atoms with E-state index in [2.05, 4.69) is 44.5 Å². The zero-order chi connectivity index (χ0) is 12.1. The number of hydrogen-bond donors (Lipinski definition) is 0. The quantitative estimate of drug-likeness (QED) is 0.697. The zero-order valence-electron chi connectivity index (χ0n) is 11.8. The Balaban J connectivity index is 0.000000921. The van der Waals surface area contributed by atoms with Crippen LogP contribution in [0.3, 0.4) is 0 Å². The average Bonchev–Trinajstić information content (AvgIpc) is 2.12. The molecule has 0 saturated carbocycles. The Kier molecular flexibility index (Phi) is 6.46. The molecule has 1 heterocycles. The van der Waals surface area contributed by atoms with Gasteiger partial charge in [0.2, 0.25) is 0 Å². The first-order valence-corrected chi connectivity index (χ1v) is 6.35. The fraction of sp³-hybridized carbons (Fsp3) is 1.00. The first-order valence-electron chi connectivity index (χ1n) is 6.35. The molecule has 1 fully saturated rings. The van der Waals surface area contributed by atoms with Crippen LogP contribution in [0.15, 0.2) is 0 Å². The maximum Gasteiger partial charge on any atom is 0.0280 e. The van der Waals surface area contributed by atoms with Crippen molar-refractivity contribution >= 4 is 0 Å². The summed E-state index contributed by atoms with van der Waals surface area (Å²) in [5.41, 5.74) is 0.358. The largest absolute Gasteiger partial charge is 0.303 e. The number of likely N-dealkylation sites (N-methyl/N-ethyl adjacent to an activating group) is 1. The molecule has 15 heavy (non-hydrogen) atoms. The highest BCUT2D eigenvalue weighted by Crippen LogP contribution is 2.20. The Morgan fingerprint density at radius 2 is 1.67 bits per heavy atom. The number of nitrogens with zero attached hydrogens (tertiary/aromatic N) is 2. The lowest BCUT2D eigenvalue weighted by Gasteiger charge is -2.46. The van der Waals surface area contributed by atoms with Crippen molar-refractivity contribution in [1.29, 1.82) is 0 Å². The van der Waals surface area contributed by atoms with Crippen LogP contribution >= 0.6 is 0 Å². The molecule has 0 aromatic rings. The van der Waals surface area contributed by atoms with Crippen molar-refractivity contribution in [1.82, 2.24) is 9.80 Å². The van der Waals surface area contributed by atoms with Gasteiger partial charge in [-0.15, -0.1) is 0 Å². The van der Waals surface area contributed by atoms with Crippen molar-refractivity contribution < 1.29 is 0 Å². The minimum Gasteiger partial charge on any atom is -0.303 e. The molecule has 1 saturated heterocycles. The van der Waals surface area contributed by atoms with Gasteiger partial charge in [0.1, 0.15) is 0 Å². The van der Waals surface area contributed by atoms with Gasteiger partial charge >= 0.3 is 0 Å². The maximum atomic E-state index is 2.62. The van der Waals surface area contributed by atoms with E-state index in [-0.39, 0.29) is 0 Å². The lowest BCUT2D eigenvalue weighted by Crippen LogP contribution is -2.58. The highest BCUT2D eigenvalue weighted by atomic mass is 15.3. The average molecular weight is 214 g/mol. The van der Waals surface area contributed by atoms with Crippen LogP contribution < -0.4 is 0 Å². The third-order valence-corrected chi connectivity index (χ3v) is 2.85. The van der Waals surface area contributed by atoms with Gasteiger partial charge in [-0.2, -0.15) is 0 Å². The summed E-state index contributed by atoms with van der Waals surface area (Å²) in [5.74, 6) is 0.780.